The van der Waals surface area contributed by atoms with Gasteiger partial charge in [-0.15, -0.1) is 0 Å². The Hall–Kier alpha value is -0.643. The Morgan fingerprint density at radius 3 is 2.33 bits per heavy atom. The second-order valence-electron chi connectivity index (χ2n) is 6.22. The van der Waals surface area contributed by atoms with Gasteiger partial charge in [0.15, 0.2) is 9.76 Å². The van der Waals surface area contributed by atoms with Crippen molar-refractivity contribution in [1.82, 2.24) is 0 Å². The summed E-state index contributed by atoms with van der Waals surface area (Å²) in [6.07, 6.45) is 0.830. The summed E-state index contributed by atoms with van der Waals surface area (Å²) < 4.78 is 6.10. The fourth-order valence-corrected chi connectivity index (χ4v) is 2.85. The number of hydrogen-bond acceptors (Lipinski definition) is 2. The Morgan fingerprint density at radius 1 is 1.22 bits per heavy atom. The van der Waals surface area contributed by atoms with Gasteiger partial charge < -0.3 is 4.43 Å². The van der Waals surface area contributed by atoms with Crippen LogP contribution >= 0.6 is 11.6 Å². The van der Waals surface area contributed by atoms with Crippen molar-refractivity contribution in [2.24, 2.45) is 0 Å². The Bertz CT molecular complexity index is 436. The number of carbonyl (C=O) groups is 1. The predicted octanol–water partition coefficient (Wildman–Crippen LogP) is 3.71. The highest BCUT2D eigenvalue weighted by molar-refractivity contribution is 6.32. The van der Waals surface area contributed by atoms with E-state index < -0.39 is 15.4 Å². The predicted molar refractivity (Wildman–Crippen MR) is 79.2 cm³/mol. The molecule has 4 heteroatoms. The first kappa shape index (κ1) is 15.4. The molecular formula is C14H21ClO2Si. The molecule has 0 aliphatic heterocycles. The summed E-state index contributed by atoms with van der Waals surface area (Å²) in [7, 11) is -0.680. The summed E-state index contributed by atoms with van der Waals surface area (Å²) in [4.78, 5) is 10.8. The van der Waals surface area contributed by atoms with Crippen molar-refractivity contribution in [3.8, 4) is 0 Å². The van der Waals surface area contributed by atoms with Crippen molar-refractivity contribution in [3.63, 3.8) is 0 Å². The molecule has 0 amide bonds. The quantitative estimate of drug-likeness (QED) is 0.622. The molecule has 1 aromatic rings. The minimum atomic E-state index is -0.680. The summed E-state index contributed by atoms with van der Waals surface area (Å²) in [6, 6.07) is 5.28. The first-order chi connectivity index (χ1) is 8.15. The third-order valence-corrected chi connectivity index (χ3v) is 4.70. The summed E-state index contributed by atoms with van der Waals surface area (Å²) >= 11 is 6.21. The maximum atomic E-state index is 10.8. The van der Waals surface area contributed by atoms with E-state index in [2.05, 4.69) is 20.8 Å². The lowest BCUT2D eigenvalue weighted by atomic mass is 9.97. The van der Waals surface area contributed by atoms with Gasteiger partial charge in [-0.05, 0) is 31.0 Å². The lowest BCUT2D eigenvalue weighted by Gasteiger charge is -2.31. The second kappa shape index (κ2) is 5.55. The number of halogens is 1. The summed E-state index contributed by atoms with van der Waals surface area (Å²) in [5, 5.41) is 0.875. The topological polar surface area (TPSA) is 26.3 Å². The average molecular weight is 285 g/mol. The van der Waals surface area contributed by atoms with Crippen LogP contribution in [0.4, 0.5) is 0 Å². The molecule has 0 spiro atoms. The van der Waals surface area contributed by atoms with Crippen molar-refractivity contribution >= 4 is 27.7 Å². The lowest BCUT2D eigenvalue weighted by molar-refractivity contribution is 0.109. The van der Waals surface area contributed by atoms with E-state index in [4.69, 9.17) is 16.0 Å². The van der Waals surface area contributed by atoms with E-state index in [1.807, 2.05) is 19.9 Å². The number of hydrogen-bond donors (Lipinski definition) is 0. The van der Waals surface area contributed by atoms with E-state index in [-0.39, 0.29) is 5.04 Å². The van der Waals surface area contributed by atoms with Gasteiger partial charge in [0.2, 0.25) is 0 Å². The van der Waals surface area contributed by atoms with Crippen LogP contribution in [0.25, 0.3) is 0 Å². The molecule has 0 aliphatic carbocycles. The molecule has 1 aromatic carbocycles. The number of aldehydes is 1. The Balaban J connectivity index is 2.99. The van der Waals surface area contributed by atoms with Gasteiger partial charge in [0, 0.05) is 16.1 Å². The van der Waals surface area contributed by atoms with Crippen LogP contribution in [0.2, 0.25) is 10.1 Å². The monoisotopic (exact) mass is 284 g/mol. The standard InChI is InChI=1S/C14H21ClO2Si/c1-13(2,3)18-17-14(4,5)11-8-10(9-16)6-7-12(11)15/h6-9H,18H2,1-5H3. The molecule has 0 saturated carbocycles. The molecule has 0 bridgehead atoms. The Labute approximate surface area is 117 Å². The first-order valence-electron chi connectivity index (χ1n) is 6.05. The van der Waals surface area contributed by atoms with Crippen molar-refractivity contribution in [2.45, 2.75) is 45.3 Å². The highest BCUT2D eigenvalue weighted by Crippen LogP contribution is 2.33. The fourth-order valence-electron chi connectivity index (χ4n) is 1.55. The van der Waals surface area contributed by atoms with Crippen molar-refractivity contribution in [2.75, 3.05) is 0 Å². The maximum absolute atomic E-state index is 10.8. The molecule has 0 heterocycles. The zero-order valence-electron chi connectivity index (χ0n) is 11.7. The van der Waals surface area contributed by atoms with E-state index in [0.717, 1.165) is 11.8 Å². The largest absolute Gasteiger partial charge is 0.414 e. The summed E-state index contributed by atoms with van der Waals surface area (Å²) in [5.74, 6) is 0. The molecule has 100 valence electrons. The SMILES string of the molecule is CC(C)(C)[SiH2]OC(C)(C)c1cc(C=O)ccc1Cl. The normalized spacial score (nSPS) is 13.2. The van der Waals surface area contributed by atoms with Gasteiger partial charge in [-0.3, -0.25) is 4.79 Å². The van der Waals surface area contributed by atoms with Crippen LogP contribution in [0.3, 0.4) is 0 Å². The minimum absolute atomic E-state index is 0.228. The Morgan fingerprint density at radius 2 is 1.83 bits per heavy atom. The smallest absolute Gasteiger partial charge is 0.168 e. The van der Waals surface area contributed by atoms with Crippen LogP contribution in [0.1, 0.15) is 50.5 Å². The van der Waals surface area contributed by atoms with Crippen LogP contribution in [-0.2, 0) is 10.0 Å². The number of carbonyl (C=O) groups excluding carboxylic acids is 1. The molecule has 0 N–H and O–H groups in total. The van der Waals surface area contributed by atoms with Crippen LogP contribution in [-0.4, -0.2) is 16.0 Å². The summed E-state index contributed by atoms with van der Waals surface area (Å²) in [6.45, 7) is 10.5. The molecule has 0 atom stereocenters. The molecule has 0 saturated heterocycles. The number of rotatable bonds is 4. The molecule has 0 fully saturated rings. The first-order valence-corrected chi connectivity index (χ1v) is 7.71. The van der Waals surface area contributed by atoms with E-state index >= 15 is 0 Å². The van der Waals surface area contributed by atoms with Gasteiger partial charge in [0.1, 0.15) is 6.29 Å². The third-order valence-electron chi connectivity index (χ3n) is 2.64. The van der Waals surface area contributed by atoms with Crippen LogP contribution in [0, 0.1) is 0 Å². The van der Waals surface area contributed by atoms with E-state index in [9.17, 15) is 4.79 Å². The molecular weight excluding hydrogens is 264 g/mol. The van der Waals surface area contributed by atoms with Crippen molar-refractivity contribution in [3.05, 3.63) is 34.3 Å². The van der Waals surface area contributed by atoms with Crippen LogP contribution in [0.5, 0.6) is 0 Å². The minimum Gasteiger partial charge on any atom is -0.414 e. The molecule has 1 rings (SSSR count). The van der Waals surface area contributed by atoms with Crippen LogP contribution < -0.4 is 0 Å². The lowest BCUT2D eigenvalue weighted by Crippen LogP contribution is -2.28. The molecule has 0 unspecified atom stereocenters. The van der Waals surface area contributed by atoms with Gasteiger partial charge in [-0.2, -0.15) is 0 Å². The van der Waals surface area contributed by atoms with Crippen LogP contribution in [0.15, 0.2) is 18.2 Å². The summed E-state index contributed by atoms with van der Waals surface area (Å²) in [5.41, 5.74) is 1.06. The van der Waals surface area contributed by atoms with E-state index in [0.29, 0.717) is 10.6 Å². The van der Waals surface area contributed by atoms with Gasteiger partial charge in [-0.1, -0.05) is 38.4 Å². The molecule has 0 radical (unpaired) electrons. The van der Waals surface area contributed by atoms with E-state index in [1.165, 1.54) is 0 Å². The Kier molecular flexibility index (Phi) is 4.76. The highest BCUT2D eigenvalue weighted by atomic mass is 35.5. The molecule has 0 aliphatic rings. The van der Waals surface area contributed by atoms with Gasteiger partial charge in [0.05, 0.1) is 5.60 Å². The maximum Gasteiger partial charge on any atom is 0.168 e. The van der Waals surface area contributed by atoms with E-state index in [1.54, 1.807) is 12.1 Å². The highest BCUT2D eigenvalue weighted by Gasteiger charge is 2.26. The number of benzene rings is 1. The fraction of sp³-hybridized carbons (Fsp3) is 0.500. The van der Waals surface area contributed by atoms with Crippen molar-refractivity contribution < 1.29 is 9.22 Å². The zero-order chi connectivity index (χ0) is 14.0. The average Bonchev–Trinajstić information content (AvgIpc) is 2.26. The second-order valence-corrected chi connectivity index (χ2v) is 9.32. The van der Waals surface area contributed by atoms with Gasteiger partial charge in [-0.25, -0.2) is 0 Å². The molecule has 18 heavy (non-hydrogen) atoms. The van der Waals surface area contributed by atoms with Gasteiger partial charge in [0.25, 0.3) is 0 Å². The molecule has 0 aromatic heterocycles. The zero-order valence-corrected chi connectivity index (χ0v) is 13.9. The van der Waals surface area contributed by atoms with Gasteiger partial charge >= 0.3 is 0 Å². The van der Waals surface area contributed by atoms with Crippen molar-refractivity contribution in [1.29, 1.82) is 0 Å². The molecule has 2 nitrogen and oxygen atoms in total. The third kappa shape index (κ3) is 4.23.